The van der Waals surface area contributed by atoms with Gasteiger partial charge in [-0.25, -0.2) is 4.79 Å². The normalized spacial score (nSPS) is 13.8. The molecule has 1 aromatic carbocycles. The molecule has 5 nitrogen and oxygen atoms in total. The van der Waals surface area contributed by atoms with Crippen molar-refractivity contribution < 1.29 is 19.7 Å². The zero-order valence-electron chi connectivity index (χ0n) is 11.5. The van der Waals surface area contributed by atoms with Gasteiger partial charge in [-0.15, -0.1) is 0 Å². The molecule has 1 aliphatic heterocycles. The molecule has 2 rings (SSSR count). The molecule has 0 aromatic heterocycles. The van der Waals surface area contributed by atoms with E-state index < -0.39 is 5.97 Å². The van der Waals surface area contributed by atoms with E-state index in [2.05, 4.69) is 4.90 Å². The van der Waals surface area contributed by atoms with Crippen LogP contribution in [0, 0.1) is 0 Å². The number of carboxylic acids is 1. The topological polar surface area (TPSA) is 70.0 Å². The summed E-state index contributed by atoms with van der Waals surface area (Å²) < 4.78 is 5.54. The molecular formula is C15H21NO4. The first-order chi connectivity index (χ1) is 9.74. The third-order valence-electron chi connectivity index (χ3n) is 3.51. The standard InChI is InChI=1S/C15H21NO4/c17-10-4-2-1-3-8-16-9-11-20-14-12(15(18)19)6-5-7-13(14)16/h5-7,17H,1-4,8-11H2,(H,18,19). The van der Waals surface area contributed by atoms with E-state index in [9.17, 15) is 9.90 Å². The van der Waals surface area contributed by atoms with Gasteiger partial charge < -0.3 is 19.8 Å². The quantitative estimate of drug-likeness (QED) is 0.748. The van der Waals surface area contributed by atoms with Crippen LogP contribution in [0.2, 0.25) is 0 Å². The van der Waals surface area contributed by atoms with Crippen molar-refractivity contribution in [3.63, 3.8) is 0 Å². The largest absolute Gasteiger partial charge is 0.489 e. The number of aliphatic hydroxyl groups excluding tert-OH is 1. The molecule has 0 bridgehead atoms. The van der Waals surface area contributed by atoms with Crippen LogP contribution >= 0.6 is 0 Å². The SMILES string of the molecule is O=C(O)c1cccc2c1OCCN2CCCCCCO. The van der Waals surface area contributed by atoms with E-state index in [1.165, 1.54) is 0 Å². The lowest BCUT2D eigenvalue weighted by Gasteiger charge is -2.32. The van der Waals surface area contributed by atoms with Crippen molar-refractivity contribution in [1.82, 2.24) is 0 Å². The number of para-hydroxylation sites is 1. The fourth-order valence-electron chi connectivity index (χ4n) is 2.47. The first-order valence-corrected chi connectivity index (χ1v) is 7.09. The summed E-state index contributed by atoms with van der Waals surface area (Å²) in [6.45, 7) is 2.46. The minimum absolute atomic E-state index is 0.229. The summed E-state index contributed by atoms with van der Waals surface area (Å²) in [6.07, 6.45) is 3.99. The van der Waals surface area contributed by atoms with Crippen LogP contribution in [-0.4, -0.2) is 42.5 Å². The van der Waals surface area contributed by atoms with Gasteiger partial charge in [0.1, 0.15) is 12.2 Å². The average Bonchev–Trinajstić information content (AvgIpc) is 2.46. The van der Waals surface area contributed by atoms with Gasteiger partial charge in [-0.1, -0.05) is 18.9 Å². The van der Waals surface area contributed by atoms with Gasteiger partial charge in [-0.3, -0.25) is 0 Å². The molecule has 2 N–H and O–H groups in total. The van der Waals surface area contributed by atoms with Gasteiger partial charge >= 0.3 is 5.97 Å². The second kappa shape index (κ2) is 7.14. The second-order valence-corrected chi connectivity index (χ2v) is 4.93. The Hall–Kier alpha value is -1.75. The van der Waals surface area contributed by atoms with Crippen LogP contribution in [0.5, 0.6) is 5.75 Å². The highest BCUT2D eigenvalue weighted by Crippen LogP contribution is 2.35. The third kappa shape index (κ3) is 3.42. The highest BCUT2D eigenvalue weighted by Gasteiger charge is 2.23. The van der Waals surface area contributed by atoms with Crippen molar-refractivity contribution in [2.24, 2.45) is 0 Å². The van der Waals surface area contributed by atoms with Crippen molar-refractivity contribution in [2.75, 3.05) is 31.2 Å². The van der Waals surface area contributed by atoms with Crippen molar-refractivity contribution in [1.29, 1.82) is 0 Å². The molecule has 110 valence electrons. The van der Waals surface area contributed by atoms with Gasteiger partial charge in [0.05, 0.1) is 12.2 Å². The van der Waals surface area contributed by atoms with E-state index in [1.807, 2.05) is 6.07 Å². The van der Waals surface area contributed by atoms with E-state index in [-0.39, 0.29) is 12.2 Å². The Bertz CT molecular complexity index is 461. The van der Waals surface area contributed by atoms with Gasteiger partial charge in [-0.05, 0) is 25.0 Å². The molecule has 5 heteroatoms. The van der Waals surface area contributed by atoms with E-state index in [0.29, 0.717) is 12.4 Å². The molecule has 0 radical (unpaired) electrons. The number of fused-ring (bicyclic) bond motifs is 1. The Labute approximate surface area is 118 Å². The summed E-state index contributed by atoms with van der Waals surface area (Å²) in [5.74, 6) is -0.465. The molecule has 0 unspecified atom stereocenters. The van der Waals surface area contributed by atoms with Crippen molar-refractivity contribution in [3.05, 3.63) is 23.8 Å². The fourth-order valence-corrected chi connectivity index (χ4v) is 2.47. The molecule has 0 saturated heterocycles. The Balaban J connectivity index is 2.01. The number of unbranched alkanes of at least 4 members (excludes halogenated alkanes) is 3. The summed E-state index contributed by atoms with van der Waals surface area (Å²) in [6, 6.07) is 5.25. The molecular weight excluding hydrogens is 258 g/mol. The monoisotopic (exact) mass is 279 g/mol. The predicted octanol–water partition coefficient (Wildman–Crippen LogP) is 2.14. The average molecular weight is 279 g/mol. The smallest absolute Gasteiger partial charge is 0.339 e. The maximum Gasteiger partial charge on any atom is 0.339 e. The molecule has 0 fully saturated rings. The van der Waals surface area contributed by atoms with Crippen LogP contribution in [0.4, 0.5) is 5.69 Å². The molecule has 1 aromatic rings. The summed E-state index contributed by atoms with van der Waals surface area (Å²) in [4.78, 5) is 13.4. The molecule has 1 heterocycles. The van der Waals surface area contributed by atoms with Gasteiger partial charge in [0.2, 0.25) is 0 Å². The Morgan fingerprint density at radius 3 is 2.80 bits per heavy atom. The molecule has 0 spiro atoms. The maximum absolute atomic E-state index is 11.2. The maximum atomic E-state index is 11.2. The summed E-state index contributed by atoms with van der Waals surface area (Å²) in [7, 11) is 0. The lowest BCUT2D eigenvalue weighted by molar-refractivity contribution is 0.0692. The number of hydrogen-bond acceptors (Lipinski definition) is 4. The molecule has 0 saturated carbocycles. The van der Waals surface area contributed by atoms with Crippen molar-refractivity contribution in [3.8, 4) is 5.75 Å². The van der Waals surface area contributed by atoms with Crippen LogP contribution in [-0.2, 0) is 0 Å². The number of nitrogens with zero attached hydrogens (tertiary/aromatic N) is 1. The number of aliphatic hydroxyl groups is 1. The van der Waals surface area contributed by atoms with Crippen LogP contribution in [0.25, 0.3) is 0 Å². The summed E-state index contributed by atoms with van der Waals surface area (Å²) in [5, 5.41) is 17.9. The van der Waals surface area contributed by atoms with Crippen LogP contribution in [0.15, 0.2) is 18.2 Å². The summed E-state index contributed by atoms with van der Waals surface area (Å²) >= 11 is 0. The number of hydrogen-bond donors (Lipinski definition) is 2. The summed E-state index contributed by atoms with van der Waals surface area (Å²) in [5.41, 5.74) is 1.10. The first kappa shape index (κ1) is 14.7. The lowest BCUT2D eigenvalue weighted by Crippen LogP contribution is -2.34. The molecule has 20 heavy (non-hydrogen) atoms. The number of ether oxygens (including phenoxy) is 1. The predicted molar refractivity (Wildman–Crippen MR) is 76.7 cm³/mol. The van der Waals surface area contributed by atoms with Crippen LogP contribution in [0.1, 0.15) is 36.0 Å². The number of aromatic carboxylic acids is 1. The van der Waals surface area contributed by atoms with E-state index in [4.69, 9.17) is 9.84 Å². The van der Waals surface area contributed by atoms with Crippen LogP contribution in [0.3, 0.4) is 0 Å². The van der Waals surface area contributed by atoms with E-state index in [0.717, 1.165) is 44.5 Å². The number of carbonyl (C=O) groups is 1. The molecule has 0 atom stereocenters. The van der Waals surface area contributed by atoms with Crippen molar-refractivity contribution in [2.45, 2.75) is 25.7 Å². The highest BCUT2D eigenvalue weighted by atomic mass is 16.5. The van der Waals surface area contributed by atoms with Crippen LogP contribution < -0.4 is 9.64 Å². The minimum atomic E-state index is -0.952. The fraction of sp³-hybridized carbons (Fsp3) is 0.533. The molecule has 1 aliphatic rings. The zero-order valence-corrected chi connectivity index (χ0v) is 11.5. The van der Waals surface area contributed by atoms with Gasteiger partial charge in [0, 0.05) is 13.2 Å². The zero-order chi connectivity index (χ0) is 14.4. The number of benzene rings is 1. The number of anilines is 1. The van der Waals surface area contributed by atoms with Crippen molar-refractivity contribution >= 4 is 11.7 Å². The Kier molecular flexibility index (Phi) is 5.24. The van der Waals surface area contributed by atoms with E-state index in [1.54, 1.807) is 12.1 Å². The Morgan fingerprint density at radius 2 is 2.05 bits per heavy atom. The lowest BCUT2D eigenvalue weighted by atomic mass is 10.1. The Morgan fingerprint density at radius 1 is 1.25 bits per heavy atom. The second-order valence-electron chi connectivity index (χ2n) is 4.93. The first-order valence-electron chi connectivity index (χ1n) is 7.09. The third-order valence-corrected chi connectivity index (χ3v) is 3.51. The number of carboxylic acid groups (broad SMARTS) is 1. The van der Waals surface area contributed by atoms with Gasteiger partial charge in [0.15, 0.2) is 5.75 Å². The molecule has 0 aliphatic carbocycles. The van der Waals surface area contributed by atoms with E-state index >= 15 is 0 Å². The van der Waals surface area contributed by atoms with Gasteiger partial charge in [0.25, 0.3) is 0 Å². The minimum Gasteiger partial charge on any atom is -0.489 e. The molecule has 0 amide bonds. The highest BCUT2D eigenvalue weighted by molar-refractivity contribution is 5.93. The number of rotatable bonds is 7. The van der Waals surface area contributed by atoms with Gasteiger partial charge in [-0.2, -0.15) is 0 Å².